The van der Waals surface area contributed by atoms with Crippen molar-refractivity contribution >= 4 is 11.3 Å². The Morgan fingerprint density at radius 2 is 2.17 bits per heavy atom. The van der Waals surface area contributed by atoms with Crippen molar-refractivity contribution in [3.8, 4) is 0 Å². The van der Waals surface area contributed by atoms with Crippen LogP contribution in [-0.4, -0.2) is 18.2 Å². The van der Waals surface area contributed by atoms with Gasteiger partial charge in [0.1, 0.15) is 5.82 Å². The number of aryl methyl sites for hydroxylation is 1. The highest BCUT2D eigenvalue weighted by atomic mass is 32.1. The molecule has 0 unspecified atom stereocenters. The number of halogens is 1. The Hall–Kier alpha value is -1.30. The van der Waals surface area contributed by atoms with Crippen molar-refractivity contribution in [2.24, 2.45) is 0 Å². The lowest BCUT2D eigenvalue weighted by atomic mass is 9.82. The molecular formula is C18H23FN2OS. The molecule has 1 aromatic heterocycles. The lowest BCUT2D eigenvalue weighted by molar-refractivity contribution is 0.0355. The van der Waals surface area contributed by atoms with Crippen LogP contribution in [-0.2, 0) is 23.2 Å². The van der Waals surface area contributed by atoms with Gasteiger partial charge >= 0.3 is 0 Å². The standard InChI is InChI=1S/C18H23FN2OS/c1-2-4-17-21-16(13-23-17)12-20-18(7-9-22-10-8-18)14-5-3-6-15(19)11-14/h3,5-6,11,13,20H,2,4,7-10,12H2,1H3. The molecule has 1 aliphatic rings. The molecule has 1 aliphatic heterocycles. The summed E-state index contributed by atoms with van der Waals surface area (Å²) in [5, 5.41) is 6.96. The molecule has 0 atom stereocenters. The van der Waals surface area contributed by atoms with E-state index in [1.807, 2.05) is 6.07 Å². The zero-order valence-electron chi connectivity index (χ0n) is 13.5. The molecule has 0 bridgehead atoms. The average molecular weight is 334 g/mol. The quantitative estimate of drug-likeness (QED) is 0.866. The Morgan fingerprint density at radius 3 is 2.91 bits per heavy atom. The van der Waals surface area contributed by atoms with Gasteiger partial charge < -0.3 is 10.1 Å². The third-order valence-electron chi connectivity index (χ3n) is 4.39. The van der Waals surface area contributed by atoms with Crippen LogP contribution < -0.4 is 5.32 Å². The number of hydrogen-bond acceptors (Lipinski definition) is 4. The maximum absolute atomic E-state index is 13.7. The lowest BCUT2D eigenvalue weighted by Crippen LogP contribution is -2.46. The van der Waals surface area contributed by atoms with Crippen LogP contribution >= 0.6 is 11.3 Å². The van der Waals surface area contributed by atoms with Gasteiger partial charge in [-0.15, -0.1) is 11.3 Å². The van der Waals surface area contributed by atoms with Crippen molar-refractivity contribution < 1.29 is 9.13 Å². The Morgan fingerprint density at radius 1 is 1.35 bits per heavy atom. The molecule has 0 aliphatic carbocycles. The molecular weight excluding hydrogens is 311 g/mol. The largest absolute Gasteiger partial charge is 0.381 e. The number of thiazole rings is 1. The SMILES string of the molecule is CCCc1nc(CNC2(c3cccc(F)c3)CCOCC2)cs1. The second kappa shape index (κ2) is 7.51. The van der Waals surface area contributed by atoms with Crippen LogP contribution in [0.15, 0.2) is 29.6 Å². The fraction of sp³-hybridized carbons (Fsp3) is 0.500. The zero-order valence-corrected chi connectivity index (χ0v) is 14.3. The summed E-state index contributed by atoms with van der Waals surface area (Å²) >= 11 is 1.72. The van der Waals surface area contributed by atoms with Crippen molar-refractivity contribution in [1.29, 1.82) is 0 Å². The van der Waals surface area contributed by atoms with Gasteiger partial charge in [0.05, 0.1) is 10.7 Å². The highest BCUT2D eigenvalue weighted by Crippen LogP contribution is 2.33. The first-order valence-electron chi connectivity index (χ1n) is 8.24. The third-order valence-corrected chi connectivity index (χ3v) is 5.35. The van der Waals surface area contributed by atoms with Gasteiger partial charge in [0.25, 0.3) is 0 Å². The highest BCUT2D eigenvalue weighted by Gasteiger charge is 2.34. The normalized spacial score (nSPS) is 17.3. The molecule has 1 fully saturated rings. The van der Waals surface area contributed by atoms with Gasteiger partial charge in [-0.3, -0.25) is 0 Å². The van der Waals surface area contributed by atoms with Crippen LogP contribution in [0.25, 0.3) is 0 Å². The van der Waals surface area contributed by atoms with Crippen molar-refractivity contribution in [3.05, 3.63) is 51.7 Å². The van der Waals surface area contributed by atoms with E-state index in [1.54, 1.807) is 23.5 Å². The second-order valence-corrected chi connectivity index (χ2v) is 6.98. The number of ether oxygens (including phenoxy) is 1. The van der Waals surface area contributed by atoms with E-state index in [-0.39, 0.29) is 11.4 Å². The minimum absolute atomic E-state index is 0.186. The highest BCUT2D eigenvalue weighted by molar-refractivity contribution is 7.09. The smallest absolute Gasteiger partial charge is 0.123 e. The lowest BCUT2D eigenvalue weighted by Gasteiger charge is -2.38. The summed E-state index contributed by atoms with van der Waals surface area (Å²) in [6.45, 7) is 4.26. The minimum Gasteiger partial charge on any atom is -0.381 e. The van der Waals surface area contributed by atoms with E-state index in [4.69, 9.17) is 4.74 Å². The number of hydrogen-bond donors (Lipinski definition) is 1. The van der Waals surface area contributed by atoms with Gasteiger partial charge in [-0.2, -0.15) is 0 Å². The number of nitrogens with zero attached hydrogens (tertiary/aromatic N) is 1. The Labute approximate surface area is 140 Å². The topological polar surface area (TPSA) is 34.2 Å². The molecule has 5 heteroatoms. The van der Waals surface area contributed by atoms with Crippen molar-refractivity contribution in [3.63, 3.8) is 0 Å². The molecule has 0 amide bonds. The molecule has 0 radical (unpaired) electrons. The van der Waals surface area contributed by atoms with Crippen molar-refractivity contribution in [2.45, 2.75) is 44.7 Å². The predicted octanol–water partition coefficient (Wildman–Crippen LogP) is 4.03. The second-order valence-electron chi connectivity index (χ2n) is 6.04. The number of nitrogens with one attached hydrogen (secondary N) is 1. The fourth-order valence-electron chi connectivity index (χ4n) is 3.09. The predicted molar refractivity (Wildman–Crippen MR) is 91.1 cm³/mol. The summed E-state index contributed by atoms with van der Waals surface area (Å²) in [4.78, 5) is 4.68. The molecule has 3 rings (SSSR count). The Balaban J connectivity index is 1.76. The van der Waals surface area contributed by atoms with E-state index in [2.05, 4.69) is 22.6 Å². The Kier molecular flexibility index (Phi) is 5.41. The summed E-state index contributed by atoms with van der Waals surface area (Å²) < 4.78 is 19.2. The molecule has 3 nitrogen and oxygen atoms in total. The molecule has 1 N–H and O–H groups in total. The summed E-state index contributed by atoms with van der Waals surface area (Å²) in [5.41, 5.74) is 1.85. The molecule has 0 spiro atoms. The van der Waals surface area contributed by atoms with Crippen LogP contribution in [0.1, 0.15) is 42.5 Å². The van der Waals surface area contributed by atoms with Crippen LogP contribution in [0.3, 0.4) is 0 Å². The monoisotopic (exact) mass is 334 g/mol. The van der Waals surface area contributed by atoms with E-state index in [0.717, 1.165) is 36.9 Å². The molecule has 1 saturated heterocycles. The number of rotatable bonds is 6. The average Bonchev–Trinajstić information content (AvgIpc) is 3.02. The van der Waals surface area contributed by atoms with Gasteiger partial charge in [0, 0.05) is 30.7 Å². The molecule has 23 heavy (non-hydrogen) atoms. The first-order valence-corrected chi connectivity index (χ1v) is 9.12. The maximum atomic E-state index is 13.7. The maximum Gasteiger partial charge on any atom is 0.123 e. The fourth-order valence-corrected chi connectivity index (χ4v) is 3.99. The number of benzene rings is 1. The Bertz CT molecular complexity index is 637. The van der Waals surface area contributed by atoms with E-state index in [0.29, 0.717) is 19.8 Å². The molecule has 2 aromatic rings. The van der Waals surface area contributed by atoms with Crippen molar-refractivity contribution in [2.75, 3.05) is 13.2 Å². The molecule has 1 aromatic carbocycles. The minimum atomic E-state index is -0.227. The third kappa shape index (κ3) is 3.97. The van der Waals surface area contributed by atoms with Gasteiger partial charge in [-0.05, 0) is 43.4 Å². The summed E-state index contributed by atoms with van der Waals surface area (Å²) in [6, 6.07) is 6.92. The molecule has 0 saturated carbocycles. The van der Waals surface area contributed by atoms with Gasteiger partial charge in [0.15, 0.2) is 0 Å². The van der Waals surface area contributed by atoms with E-state index in [9.17, 15) is 4.39 Å². The summed E-state index contributed by atoms with van der Waals surface area (Å²) in [6.07, 6.45) is 3.85. The molecule has 124 valence electrons. The van der Waals surface area contributed by atoms with Gasteiger partial charge in [-0.25, -0.2) is 9.37 Å². The van der Waals surface area contributed by atoms with Crippen LogP contribution in [0, 0.1) is 5.82 Å². The van der Waals surface area contributed by atoms with Crippen LogP contribution in [0.2, 0.25) is 0 Å². The zero-order chi connectivity index (χ0) is 16.1. The number of aromatic nitrogens is 1. The first kappa shape index (κ1) is 16.6. The van der Waals surface area contributed by atoms with Crippen LogP contribution in [0.5, 0.6) is 0 Å². The van der Waals surface area contributed by atoms with Gasteiger partial charge in [0.2, 0.25) is 0 Å². The first-order chi connectivity index (χ1) is 11.2. The van der Waals surface area contributed by atoms with E-state index in [1.165, 1.54) is 11.1 Å². The van der Waals surface area contributed by atoms with Crippen LogP contribution in [0.4, 0.5) is 4.39 Å². The van der Waals surface area contributed by atoms with E-state index < -0.39 is 0 Å². The summed E-state index contributed by atoms with van der Waals surface area (Å²) in [5.74, 6) is -0.186. The van der Waals surface area contributed by atoms with E-state index >= 15 is 0 Å². The van der Waals surface area contributed by atoms with Gasteiger partial charge in [-0.1, -0.05) is 19.1 Å². The summed E-state index contributed by atoms with van der Waals surface area (Å²) in [7, 11) is 0. The van der Waals surface area contributed by atoms with Crippen molar-refractivity contribution in [1.82, 2.24) is 10.3 Å². The molecule has 2 heterocycles.